The number of hydrogen-bond acceptors (Lipinski definition) is 7. The van der Waals surface area contributed by atoms with E-state index in [-0.39, 0.29) is 24.4 Å². The number of fused-ring (bicyclic) bond motifs is 1. The normalized spacial score (nSPS) is 17.7. The van der Waals surface area contributed by atoms with Gasteiger partial charge in [0.1, 0.15) is 17.3 Å². The third kappa shape index (κ3) is 5.58. The average Bonchev–Trinajstić information content (AvgIpc) is 2.74. The van der Waals surface area contributed by atoms with Gasteiger partial charge in [0.05, 0.1) is 25.4 Å². The number of aliphatic hydroxyl groups is 1. The number of benzene rings is 1. The van der Waals surface area contributed by atoms with Crippen LogP contribution < -0.4 is 10.6 Å². The number of nitrogens with zero attached hydrogens (tertiary/aromatic N) is 3. The van der Waals surface area contributed by atoms with Gasteiger partial charge in [-0.15, -0.1) is 0 Å². The molecule has 0 radical (unpaired) electrons. The average molecular weight is 426 g/mol. The first kappa shape index (κ1) is 21.7. The Balaban J connectivity index is 1.32. The Hall–Kier alpha value is -2.55. The molecule has 1 amide bonds. The number of anilines is 1. The monoisotopic (exact) mass is 425 g/mol. The molecule has 31 heavy (non-hydrogen) atoms. The Morgan fingerprint density at radius 2 is 2.03 bits per heavy atom. The molecule has 3 N–H and O–H groups in total. The number of aromatic nitrogens is 2. The molecule has 8 heteroatoms. The molecule has 0 bridgehead atoms. The highest BCUT2D eigenvalue weighted by molar-refractivity contribution is 5.93. The molecule has 2 aromatic rings. The molecule has 0 saturated carbocycles. The Bertz CT molecular complexity index is 916. The van der Waals surface area contributed by atoms with Crippen molar-refractivity contribution in [2.45, 2.75) is 44.9 Å². The minimum atomic E-state index is -0.648. The summed E-state index contributed by atoms with van der Waals surface area (Å²) in [5.74, 6) is 1.03. The molecule has 2 aliphatic heterocycles. The van der Waals surface area contributed by atoms with E-state index in [1.165, 1.54) is 11.1 Å². The van der Waals surface area contributed by atoms with Crippen LogP contribution in [0.3, 0.4) is 0 Å². The molecule has 0 spiro atoms. The van der Waals surface area contributed by atoms with E-state index in [9.17, 15) is 9.90 Å². The number of carbonyl (C=O) groups excluding carboxylic acids is 1. The molecule has 166 valence electrons. The minimum absolute atomic E-state index is 0.0958. The first-order valence-electron chi connectivity index (χ1n) is 11.0. The highest BCUT2D eigenvalue weighted by Gasteiger charge is 2.22. The first-order chi connectivity index (χ1) is 15.0. The maximum atomic E-state index is 12.7. The zero-order valence-electron chi connectivity index (χ0n) is 18.2. The molecular formula is C23H31N5O3. The van der Waals surface area contributed by atoms with Gasteiger partial charge in [0, 0.05) is 38.2 Å². The first-order valence-corrected chi connectivity index (χ1v) is 11.0. The highest BCUT2D eigenvalue weighted by atomic mass is 16.5. The molecular weight excluding hydrogens is 394 g/mol. The fourth-order valence-electron chi connectivity index (χ4n) is 3.82. The Morgan fingerprint density at radius 1 is 1.26 bits per heavy atom. The van der Waals surface area contributed by atoms with Gasteiger partial charge in [-0.25, -0.2) is 9.97 Å². The number of hydrogen-bond donors (Lipinski definition) is 3. The lowest BCUT2D eigenvalue weighted by Crippen LogP contribution is -2.42. The van der Waals surface area contributed by atoms with Crippen molar-refractivity contribution in [2.75, 3.05) is 38.2 Å². The van der Waals surface area contributed by atoms with Gasteiger partial charge in [-0.2, -0.15) is 0 Å². The van der Waals surface area contributed by atoms with E-state index in [1.807, 2.05) is 19.9 Å². The zero-order chi connectivity index (χ0) is 21.8. The third-order valence-corrected chi connectivity index (χ3v) is 5.66. The van der Waals surface area contributed by atoms with E-state index in [0.717, 1.165) is 19.5 Å². The van der Waals surface area contributed by atoms with Crippen molar-refractivity contribution < 1.29 is 14.6 Å². The molecule has 1 aromatic carbocycles. The lowest BCUT2D eigenvalue weighted by Gasteiger charge is -2.30. The summed E-state index contributed by atoms with van der Waals surface area (Å²) in [4.78, 5) is 23.9. The Labute approximate surface area is 183 Å². The minimum Gasteiger partial charge on any atom is -0.390 e. The molecule has 1 aromatic heterocycles. The van der Waals surface area contributed by atoms with Crippen LogP contribution >= 0.6 is 0 Å². The summed E-state index contributed by atoms with van der Waals surface area (Å²) in [5, 5.41) is 16.6. The number of amides is 1. The topological polar surface area (TPSA) is 99.6 Å². The summed E-state index contributed by atoms with van der Waals surface area (Å²) in [7, 11) is 0. The van der Waals surface area contributed by atoms with Crippen molar-refractivity contribution in [3.63, 3.8) is 0 Å². The van der Waals surface area contributed by atoms with Gasteiger partial charge in [0.15, 0.2) is 0 Å². The fourth-order valence-corrected chi connectivity index (χ4v) is 3.82. The third-order valence-electron chi connectivity index (χ3n) is 5.66. The predicted octanol–water partition coefficient (Wildman–Crippen LogP) is 1.56. The van der Waals surface area contributed by atoms with Gasteiger partial charge in [0.25, 0.3) is 5.91 Å². The maximum absolute atomic E-state index is 12.7. The standard InChI is InChI=1S/C23H31N5O3/c1-15(2)22-26-20(9-21(27-22)25-18-13-31-14-18)23(30)24-10-19(29)12-28-8-7-16-5-3-4-6-17(16)11-28/h3-6,9,15,18-19,29H,7-8,10-14H2,1-2H3,(H,24,30)(H,25,26,27). The van der Waals surface area contributed by atoms with Crippen molar-refractivity contribution >= 4 is 11.7 Å². The number of rotatable bonds is 8. The summed E-state index contributed by atoms with van der Waals surface area (Å²) in [6.45, 7) is 7.69. The summed E-state index contributed by atoms with van der Waals surface area (Å²) in [6, 6.07) is 10.3. The van der Waals surface area contributed by atoms with Gasteiger partial charge >= 0.3 is 0 Å². The summed E-state index contributed by atoms with van der Waals surface area (Å²) < 4.78 is 5.19. The number of ether oxygens (including phenoxy) is 1. The molecule has 0 aliphatic carbocycles. The lowest BCUT2D eigenvalue weighted by molar-refractivity contribution is 0.0209. The van der Waals surface area contributed by atoms with Gasteiger partial charge in [0.2, 0.25) is 0 Å². The van der Waals surface area contributed by atoms with Crippen LogP contribution in [0.2, 0.25) is 0 Å². The van der Waals surface area contributed by atoms with E-state index < -0.39 is 6.10 Å². The second kappa shape index (κ2) is 9.72. The van der Waals surface area contributed by atoms with Gasteiger partial charge in [-0.3, -0.25) is 9.69 Å². The smallest absolute Gasteiger partial charge is 0.270 e. The van der Waals surface area contributed by atoms with Crippen LogP contribution in [0.4, 0.5) is 5.82 Å². The maximum Gasteiger partial charge on any atom is 0.270 e. The summed E-state index contributed by atoms with van der Waals surface area (Å²) in [5.41, 5.74) is 2.99. The van der Waals surface area contributed by atoms with Crippen LogP contribution in [0, 0.1) is 0 Å². The Morgan fingerprint density at radius 3 is 2.74 bits per heavy atom. The second-order valence-corrected chi connectivity index (χ2v) is 8.65. The largest absolute Gasteiger partial charge is 0.390 e. The molecule has 1 fully saturated rings. The lowest BCUT2D eigenvalue weighted by atomic mass is 10.00. The predicted molar refractivity (Wildman–Crippen MR) is 118 cm³/mol. The van der Waals surface area contributed by atoms with Crippen molar-refractivity contribution in [1.29, 1.82) is 0 Å². The molecule has 1 unspecified atom stereocenters. The molecule has 8 nitrogen and oxygen atoms in total. The van der Waals surface area contributed by atoms with Crippen LogP contribution in [-0.2, 0) is 17.7 Å². The molecule has 1 saturated heterocycles. The number of aliphatic hydroxyl groups excluding tert-OH is 1. The van der Waals surface area contributed by atoms with E-state index in [4.69, 9.17) is 4.74 Å². The molecule has 2 aliphatic rings. The fraction of sp³-hybridized carbons (Fsp3) is 0.522. The van der Waals surface area contributed by atoms with Crippen molar-refractivity contribution in [3.05, 3.63) is 53.0 Å². The van der Waals surface area contributed by atoms with Crippen molar-refractivity contribution in [1.82, 2.24) is 20.2 Å². The van der Waals surface area contributed by atoms with Crippen LogP contribution in [0.5, 0.6) is 0 Å². The number of carbonyl (C=O) groups is 1. The number of β-amino-alcohol motifs (C(OH)–C–C–N with tert-alkyl or cyclic N) is 1. The quantitative estimate of drug-likeness (QED) is 0.590. The van der Waals surface area contributed by atoms with Gasteiger partial charge < -0.3 is 20.5 Å². The summed E-state index contributed by atoms with van der Waals surface area (Å²) in [6.07, 6.45) is 0.334. The van der Waals surface area contributed by atoms with Crippen LogP contribution in [0.25, 0.3) is 0 Å². The summed E-state index contributed by atoms with van der Waals surface area (Å²) >= 11 is 0. The molecule has 4 rings (SSSR count). The Kier molecular flexibility index (Phi) is 6.80. The number of nitrogens with one attached hydrogen (secondary N) is 2. The van der Waals surface area contributed by atoms with E-state index in [1.54, 1.807) is 6.07 Å². The zero-order valence-corrected chi connectivity index (χ0v) is 18.2. The van der Waals surface area contributed by atoms with Crippen molar-refractivity contribution in [2.24, 2.45) is 0 Å². The molecule has 1 atom stereocenters. The van der Waals surface area contributed by atoms with E-state index in [0.29, 0.717) is 37.1 Å². The van der Waals surface area contributed by atoms with Crippen LogP contribution in [0.1, 0.15) is 47.2 Å². The van der Waals surface area contributed by atoms with Crippen molar-refractivity contribution in [3.8, 4) is 0 Å². The van der Waals surface area contributed by atoms with E-state index >= 15 is 0 Å². The SMILES string of the molecule is CC(C)c1nc(NC2COC2)cc(C(=O)NCC(O)CN2CCc3ccccc3C2)n1. The van der Waals surface area contributed by atoms with Crippen LogP contribution in [-0.4, -0.2) is 70.9 Å². The molecule has 3 heterocycles. The highest BCUT2D eigenvalue weighted by Crippen LogP contribution is 2.19. The van der Waals surface area contributed by atoms with E-state index in [2.05, 4.69) is 43.7 Å². The van der Waals surface area contributed by atoms with Crippen LogP contribution in [0.15, 0.2) is 30.3 Å². The second-order valence-electron chi connectivity index (χ2n) is 8.65. The van der Waals surface area contributed by atoms with Gasteiger partial charge in [-0.05, 0) is 17.5 Å². The van der Waals surface area contributed by atoms with Gasteiger partial charge in [-0.1, -0.05) is 38.1 Å².